The molecule has 0 spiro atoms. The molecule has 1 fully saturated rings. The molecule has 1 aliphatic heterocycles. The van der Waals surface area contributed by atoms with E-state index in [0.29, 0.717) is 13.0 Å². The normalized spacial score (nSPS) is 20.5. The molecule has 0 saturated carbocycles. The summed E-state index contributed by atoms with van der Waals surface area (Å²) in [5.41, 5.74) is 0. The Kier molecular flexibility index (Phi) is 39.8. The van der Waals surface area contributed by atoms with Crippen LogP contribution in [0.5, 0.6) is 0 Å². The Morgan fingerprint density at radius 1 is 0.541 bits per heavy atom. The Hall–Kier alpha value is -2.37. The molecule has 1 saturated heterocycles. The quantitative estimate of drug-likeness (QED) is 0.0269. The topological polar surface area (TPSA) is 135 Å². The number of aliphatic hydroxyl groups is 4. The van der Waals surface area contributed by atoms with Crippen molar-refractivity contribution < 1.29 is 44.2 Å². The number of unbranched alkanes of at least 4 members (excludes halogenated alkanes) is 18. The van der Waals surface area contributed by atoms with E-state index in [4.69, 9.17) is 18.9 Å². The van der Waals surface area contributed by atoms with Crippen LogP contribution in [-0.2, 0) is 23.7 Å². The van der Waals surface area contributed by atoms with Gasteiger partial charge in [-0.25, -0.2) is 0 Å². The monoisotopic (exact) mass is 859 g/mol. The predicted molar refractivity (Wildman–Crippen MR) is 251 cm³/mol. The van der Waals surface area contributed by atoms with Gasteiger partial charge in [-0.15, -0.1) is 0 Å². The zero-order valence-electron chi connectivity index (χ0n) is 38.6. The minimum Gasteiger partial charge on any atom is -0.457 e. The molecule has 6 unspecified atom stereocenters. The average molecular weight is 859 g/mol. The van der Waals surface area contributed by atoms with Crippen LogP contribution >= 0.6 is 0 Å². The number of hydrogen-bond donors (Lipinski definition) is 4. The van der Waals surface area contributed by atoms with E-state index in [9.17, 15) is 25.2 Å². The standard InChI is InChI=1S/C52H90O9/c1-3-5-7-9-11-13-15-17-19-21-23-24-26-28-30-32-34-36-38-40-42-58-44-46(45-59-52-51(57)50(56)49(55)47(43-53)61-52)60-48(54)41-39-37-35-33-31-29-27-25-22-20-18-16-14-12-10-8-6-4-2/h5,7,11,13,17,19,23-24,28,30,34,36,46-47,49-53,55-57H,3-4,6,8-10,12,14-16,18,20-22,25-27,29,31-33,35,37-45H2,1-2H3/b7-5-,13-11-,19-17-,24-23-,30-28-,36-34-. The van der Waals surface area contributed by atoms with Gasteiger partial charge in [0, 0.05) is 13.0 Å². The fourth-order valence-electron chi connectivity index (χ4n) is 7.10. The van der Waals surface area contributed by atoms with Crippen molar-refractivity contribution in [2.45, 2.75) is 224 Å². The molecule has 0 bridgehead atoms. The summed E-state index contributed by atoms with van der Waals surface area (Å²) in [6.45, 7) is 4.30. The summed E-state index contributed by atoms with van der Waals surface area (Å²) in [6.07, 6.45) is 49.4. The summed E-state index contributed by atoms with van der Waals surface area (Å²) in [6, 6.07) is 0. The number of aliphatic hydroxyl groups excluding tert-OH is 4. The van der Waals surface area contributed by atoms with Crippen LogP contribution in [0.2, 0.25) is 0 Å². The van der Waals surface area contributed by atoms with Crippen LogP contribution in [0.4, 0.5) is 0 Å². The third-order valence-electron chi connectivity index (χ3n) is 10.9. The largest absolute Gasteiger partial charge is 0.457 e. The molecule has 1 heterocycles. The van der Waals surface area contributed by atoms with E-state index >= 15 is 0 Å². The molecule has 0 aromatic heterocycles. The van der Waals surface area contributed by atoms with Crippen molar-refractivity contribution in [2.24, 2.45) is 0 Å². The van der Waals surface area contributed by atoms with Gasteiger partial charge in [0.25, 0.3) is 0 Å². The maximum atomic E-state index is 12.8. The molecule has 0 aliphatic carbocycles. The lowest BCUT2D eigenvalue weighted by Gasteiger charge is -2.39. The van der Waals surface area contributed by atoms with Crippen LogP contribution in [0.1, 0.15) is 187 Å². The van der Waals surface area contributed by atoms with E-state index in [2.05, 4.69) is 86.8 Å². The van der Waals surface area contributed by atoms with E-state index in [1.165, 1.54) is 96.3 Å². The summed E-state index contributed by atoms with van der Waals surface area (Å²) in [5.74, 6) is -0.333. The van der Waals surface area contributed by atoms with Gasteiger partial charge in [0.15, 0.2) is 6.29 Å². The summed E-state index contributed by atoms with van der Waals surface area (Å²) < 4.78 is 22.8. The van der Waals surface area contributed by atoms with E-state index in [1.54, 1.807) is 0 Å². The zero-order valence-corrected chi connectivity index (χ0v) is 38.6. The van der Waals surface area contributed by atoms with E-state index in [-0.39, 0.29) is 19.2 Å². The first-order valence-electron chi connectivity index (χ1n) is 24.5. The lowest BCUT2D eigenvalue weighted by molar-refractivity contribution is -0.305. The lowest BCUT2D eigenvalue weighted by atomic mass is 9.99. The molecule has 9 heteroatoms. The third kappa shape index (κ3) is 33.8. The lowest BCUT2D eigenvalue weighted by Crippen LogP contribution is -2.59. The second-order valence-corrected chi connectivity index (χ2v) is 16.5. The Balaban J connectivity index is 2.28. The molecule has 0 aromatic carbocycles. The first-order valence-corrected chi connectivity index (χ1v) is 24.5. The Morgan fingerprint density at radius 2 is 0.984 bits per heavy atom. The first kappa shape index (κ1) is 56.6. The molecule has 1 aliphatic rings. The van der Waals surface area contributed by atoms with Crippen molar-refractivity contribution in [3.05, 3.63) is 72.9 Å². The minimum atomic E-state index is -1.55. The van der Waals surface area contributed by atoms with Crippen molar-refractivity contribution in [3.63, 3.8) is 0 Å². The molecule has 0 aromatic rings. The van der Waals surface area contributed by atoms with Gasteiger partial charge in [0.05, 0.1) is 19.8 Å². The van der Waals surface area contributed by atoms with Crippen molar-refractivity contribution in [2.75, 3.05) is 26.4 Å². The smallest absolute Gasteiger partial charge is 0.306 e. The summed E-state index contributed by atoms with van der Waals surface area (Å²) >= 11 is 0. The Bertz CT molecular complexity index is 1160. The minimum absolute atomic E-state index is 0.103. The SMILES string of the molecule is CC/C=C\C/C=C\C/C=C\C/C=C\C/C=C\C/C=C\CCCOCC(COC1OC(CO)C(O)C(O)C1O)OC(=O)CCCCCCCCCCCCCCCCCCCC. The van der Waals surface area contributed by atoms with Gasteiger partial charge in [-0.3, -0.25) is 4.79 Å². The van der Waals surface area contributed by atoms with Crippen LogP contribution in [0, 0.1) is 0 Å². The number of hydrogen-bond acceptors (Lipinski definition) is 9. The highest BCUT2D eigenvalue weighted by Crippen LogP contribution is 2.22. The van der Waals surface area contributed by atoms with Crippen LogP contribution in [0.15, 0.2) is 72.9 Å². The predicted octanol–water partition coefficient (Wildman–Crippen LogP) is 11.6. The number of allylic oxidation sites excluding steroid dienone is 12. The van der Waals surface area contributed by atoms with Gasteiger partial charge in [-0.2, -0.15) is 0 Å². The van der Waals surface area contributed by atoms with Crippen molar-refractivity contribution in [1.82, 2.24) is 0 Å². The fraction of sp³-hybridized carbons (Fsp3) is 0.750. The summed E-state index contributed by atoms with van der Waals surface area (Å²) in [5, 5.41) is 40.2. The maximum Gasteiger partial charge on any atom is 0.306 e. The Labute approximate surface area is 372 Å². The number of carbonyl (C=O) groups excluding carboxylic acids is 1. The highest BCUT2D eigenvalue weighted by atomic mass is 16.7. The fourth-order valence-corrected chi connectivity index (χ4v) is 7.10. The van der Waals surface area contributed by atoms with E-state index in [1.807, 2.05) is 0 Å². The molecular weight excluding hydrogens is 769 g/mol. The first-order chi connectivity index (χ1) is 29.9. The maximum absolute atomic E-state index is 12.8. The van der Waals surface area contributed by atoms with Crippen molar-refractivity contribution in [1.29, 1.82) is 0 Å². The highest BCUT2D eigenvalue weighted by Gasteiger charge is 2.44. The van der Waals surface area contributed by atoms with Gasteiger partial charge in [-0.05, 0) is 57.8 Å². The molecule has 0 radical (unpaired) electrons. The average Bonchev–Trinajstić information content (AvgIpc) is 3.26. The second-order valence-electron chi connectivity index (χ2n) is 16.5. The molecule has 0 amide bonds. The number of carbonyl (C=O) groups is 1. The molecule has 352 valence electrons. The van der Waals surface area contributed by atoms with Gasteiger partial charge < -0.3 is 39.4 Å². The van der Waals surface area contributed by atoms with Crippen LogP contribution < -0.4 is 0 Å². The van der Waals surface area contributed by atoms with Gasteiger partial charge in [0.1, 0.15) is 30.5 Å². The van der Waals surface area contributed by atoms with Gasteiger partial charge in [-0.1, -0.05) is 196 Å². The molecule has 61 heavy (non-hydrogen) atoms. The highest BCUT2D eigenvalue weighted by molar-refractivity contribution is 5.69. The zero-order chi connectivity index (χ0) is 44.3. The van der Waals surface area contributed by atoms with Crippen molar-refractivity contribution >= 4 is 5.97 Å². The molecule has 6 atom stereocenters. The number of esters is 1. The van der Waals surface area contributed by atoms with Crippen LogP contribution in [0.3, 0.4) is 0 Å². The summed E-state index contributed by atoms with van der Waals surface area (Å²) in [7, 11) is 0. The van der Waals surface area contributed by atoms with Crippen LogP contribution in [-0.4, -0.2) is 89.6 Å². The van der Waals surface area contributed by atoms with E-state index < -0.39 is 43.4 Å². The molecule has 4 N–H and O–H groups in total. The Morgan fingerprint density at radius 3 is 1.44 bits per heavy atom. The van der Waals surface area contributed by atoms with Crippen molar-refractivity contribution in [3.8, 4) is 0 Å². The van der Waals surface area contributed by atoms with Gasteiger partial charge >= 0.3 is 5.97 Å². The number of ether oxygens (including phenoxy) is 4. The van der Waals surface area contributed by atoms with Crippen LogP contribution in [0.25, 0.3) is 0 Å². The molecule has 9 nitrogen and oxygen atoms in total. The molecule has 1 rings (SSSR count). The summed E-state index contributed by atoms with van der Waals surface area (Å²) in [4.78, 5) is 12.8. The number of rotatable bonds is 41. The van der Waals surface area contributed by atoms with E-state index in [0.717, 1.165) is 70.6 Å². The molecular formula is C52H90O9. The van der Waals surface area contributed by atoms with Gasteiger partial charge in [0.2, 0.25) is 0 Å². The third-order valence-corrected chi connectivity index (χ3v) is 10.9. The second kappa shape index (κ2) is 42.9.